The van der Waals surface area contributed by atoms with E-state index in [9.17, 15) is 10.1 Å². The second-order valence-corrected chi connectivity index (χ2v) is 9.08. The van der Waals surface area contributed by atoms with Crippen LogP contribution < -0.4 is 9.47 Å². The summed E-state index contributed by atoms with van der Waals surface area (Å²) >= 11 is 3.41. The van der Waals surface area contributed by atoms with Gasteiger partial charge in [-0.05, 0) is 82.5 Å². The van der Waals surface area contributed by atoms with Crippen LogP contribution in [-0.2, 0) is 0 Å². The van der Waals surface area contributed by atoms with E-state index in [0.29, 0.717) is 11.3 Å². The first kappa shape index (κ1) is 20.3. The lowest BCUT2D eigenvalue weighted by molar-refractivity contribution is 0.0696. The van der Waals surface area contributed by atoms with Crippen molar-refractivity contribution in [2.45, 2.75) is 46.7 Å². The normalized spacial score (nSPS) is 15.0. The van der Waals surface area contributed by atoms with Crippen LogP contribution in [-0.4, -0.2) is 33.4 Å². The van der Waals surface area contributed by atoms with Crippen molar-refractivity contribution in [3.63, 3.8) is 0 Å². The van der Waals surface area contributed by atoms with Gasteiger partial charge in [0.25, 0.3) is 5.89 Å². The van der Waals surface area contributed by atoms with E-state index in [2.05, 4.69) is 26.1 Å². The van der Waals surface area contributed by atoms with Gasteiger partial charge in [-0.1, -0.05) is 33.2 Å². The molecule has 1 unspecified atom stereocenters. The van der Waals surface area contributed by atoms with Gasteiger partial charge < -0.3 is 19.1 Å². The van der Waals surface area contributed by atoms with Crippen LogP contribution in [0.1, 0.15) is 65.6 Å². The number of hydrogen-bond donors (Lipinski definition) is 1. The van der Waals surface area contributed by atoms with Gasteiger partial charge in [0.05, 0.1) is 34.4 Å². The number of nitrogens with zero attached hydrogens (tertiary/aromatic N) is 4. The van der Waals surface area contributed by atoms with Crippen LogP contribution in [0.5, 0.6) is 11.5 Å². The third-order valence-corrected chi connectivity index (χ3v) is 5.83. The SMILES string of the molecule is CC(C)Oc1ccc(C(=O)O)cc1C#N.[2H]CC([2H])(Oc1c([2H])c([2H])c(-c2nc(-c3cccc(Br)c3C)no2)c([2H])c1C#N)C([2H])([2H])[2H]. The minimum absolute atomic E-state index is 0.0484. The van der Waals surface area contributed by atoms with Gasteiger partial charge in [-0.15, -0.1) is 0 Å². The molecule has 9 nitrogen and oxygen atoms in total. The molecule has 1 atom stereocenters. The second-order valence-electron chi connectivity index (χ2n) is 8.22. The van der Waals surface area contributed by atoms with E-state index in [1.54, 1.807) is 18.2 Å². The number of hydrogen-bond acceptors (Lipinski definition) is 8. The molecule has 1 heterocycles. The molecule has 40 heavy (non-hydrogen) atoms. The van der Waals surface area contributed by atoms with Crippen molar-refractivity contribution in [3.05, 3.63) is 81.3 Å². The molecular weight excluding hydrogens is 576 g/mol. The van der Waals surface area contributed by atoms with Gasteiger partial charge in [0.2, 0.25) is 5.82 Å². The molecule has 4 aromatic rings. The lowest BCUT2D eigenvalue weighted by Crippen LogP contribution is -2.07. The number of ether oxygens (including phenoxy) is 2. The van der Waals surface area contributed by atoms with E-state index in [4.69, 9.17) is 35.3 Å². The van der Waals surface area contributed by atoms with Crippen molar-refractivity contribution >= 4 is 21.9 Å². The van der Waals surface area contributed by atoms with Gasteiger partial charge in [0.15, 0.2) is 0 Å². The third-order valence-electron chi connectivity index (χ3n) is 4.97. The smallest absolute Gasteiger partial charge is 0.335 e. The van der Waals surface area contributed by atoms with Crippen molar-refractivity contribution in [1.29, 1.82) is 10.5 Å². The molecule has 0 aliphatic rings. The van der Waals surface area contributed by atoms with Gasteiger partial charge >= 0.3 is 5.97 Å². The molecule has 0 bridgehead atoms. The number of nitriles is 2. The maximum Gasteiger partial charge on any atom is 0.335 e. The summed E-state index contributed by atoms with van der Waals surface area (Å²) in [5, 5.41) is 31.0. The summed E-state index contributed by atoms with van der Waals surface area (Å²) in [4.78, 5) is 14.9. The van der Waals surface area contributed by atoms with Gasteiger partial charge in [0, 0.05) is 21.1 Å². The molecule has 0 aliphatic carbocycles. The van der Waals surface area contributed by atoms with Crippen molar-refractivity contribution in [1.82, 2.24) is 10.1 Å². The van der Waals surface area contributed by atoms with Crippen molar-refractivity contribution in [3.8, 4) is 46.5 Å². The highest BCUT2D eigenvalue weighted by Crippen LogP contribution is 2.30. The molecular formula is C30H27BrN4O5. The Morgan fingerprint density at radius 2 is 1.95 bits per heavy atom. The summed E-state index contributed by atoms with van der Waals surface area (Å²) in [5.74, 6) is -1.50. The van der Waals surface area contributed by atoms with Crippen LogP contribution in [0.3, 0.4) is 0 Å². The molecule has 204 valence electrons. The summed E-state index contributed by atoms with van der Waals surface area (Å²) < 4.78 is 79.2. The summed E-state index contributed by atoms with van der Waals surface area (Å²) in [6, 6.07) is 11.1. The summed E-state index contributed by atoms with van der Waals surface area (Å²) in [6.45, 7) is 1.39. The topological polar surface area (TPSA) is 142 Å². The first-order chi connectivity index (χ1) is 22.4. The Balaban J connectivity index is 0.000000348. The largest absolute Gasteiger partial charge is 0.490 e. The number of benzene rings is 3. The first-order valence-electron chi connectivity index (χ1n) is 15.7. The predicted molar refractivity (Wildman–Crippen MR) is 152 cm³/mol. The highest BCUT2D eigenvalue weighted by Gasteiger charge is 2.16. The number of aromatic nitrogens is 2. The Kier molecular flexibility index (Phi) is 6.79. The van der Waals surface area contributed by atoms with Crippen LogP contribution in [0.25, 0.3) is 22.8 Å². The Hall–Kier alpha value is -4.67. The summed E-state index contributed by atoms with van der Waals surface area (Å²) in [5.41, 5.74) is 0.864. The average Bonchev–Trinajstić information content (AvgIpc) is 3.50. The lowest BCUT2D eigenvalue weighted by atomic mass is 10.1. The second kappa shape index (κ2) is 13.4. The quantitative estimate of drug-likeness (QED) is 0.230. The Morgan fingerprint density at radius 1 is 1.18 bits per heavy atom. The molecule has 0 aliphatic heterocycles. The number of halogens is 1. The molecule has 3 aromatic carbocycles. The van der Waals surface area contributed by atoms with Crippen molar-refractivity contribution in [2.24, 2.45) is 0 Å². The predicted octanol–water partition coefficient (Wildman–Crippen LogP) is 7.18. The van der Waals surface area contributed by atoms with Gasteiger partial charge in [-0.2, -0.15) is 15.5 Å². The Bertz CT molecular complexity index is 1940. The molecule has 4 rings (SSSR count). The first-order valence-corrected chi connectivity index (χ1v) is 12.3. The number of carboxylic acids is 1. The molecule has 0 spiro atoms. The fourth-order valence-electron chi connectivity index (χ4n) is 3.17. The van der Waals surface area contributed by atoms with E-state index in [1.807, 2.05) is 32.9 Å². The molecule has 10 heteroatoms. The third kappa shape index (κ3) is 7.46. The van der Waals surface area contributed by atoms with E-state index in [-0.39, 0.29) is 34.5 Å². The van der Waals surface area contributed by atoms with E-state index < -0.39 is 55.2 Å². The summed E-state index contributed by atoms with van der Waals surface area (Å²) in [6.07, 6.45) is -2.85. The van der Waals surface area contributed by atoms with Crippen LogP contribution in [0.4, 0.5) is 0 Å². The molecule has 1 aromatic heterocycles. The molecule has 0 fully saturated rings. The highest BCUT2D eigenvalue weighted by molar-refractivity contribution is 9.10. The standard InChI is InChI=1S/C19H16BrN3O2.C11H11NO3/c1-11(2)24-17-8-7-13(9-14(17)10-21)19-22-18(23-25-19)15-5-4-6-16(20)12(15)3;1-7(2)15-10-4-3-8(11(13)14)5-9(10)6-12/h4-9,11H,1-3H3;3-5,7H,1-2H3,(H,13,14)/i1D,2D3,7D,8D,9D,11D;. The molecule has 0 saturated heterocycles. The minimum atomic E-state index is -3.08. The molecule has 0 amide bonds. The van der Waals surface area contributed by atoms with Crippen LogP contribution in [0.2, 0.25) is 0 Å². The van der Waals surface area contributed by atoms with Gasteiger partial charge in [-0.3, -0.25) is 0 Å². The number of carboxylic acid groups (broad SMARTS) is 1. The zero-order valence-corrected chi connectivity index (χ0v) is 23.1. The monoisotopic (exact) mass is 610 g/mol. The summed E-state index contributed by atoms with van der Waals surface area (Å²) in [7, 11) is 0. The van der Waals surface area contributed by atoms with E-state index in [0.717, 1.165) is 10.0 Å². The number of carbonyl (C=O) groups is 1. The van der Waals surface area contributed by atoms with E-state index >= 15 is 0 Å². The fraction of sp³-hybridized carbons (Fsp3) is 0.233. The zero-order valence-electron chi connectivity index (χ0n) is 29.5. The Morgan fingerprint density at radius 3 is 2.60 bits per heavy atom. The average molecular weight is 612 g/mol. The number of aromatic carboxylic acids is 1. The molecule has 0 radical (unpaired) electrons. The van der Waals surface area contributed by atoms with Crippen LogP contribution >= 0.6 is 15.9 Å². The maximum atomic E-state index is 10.7. The van der Waals surface area contributed by atoms with Crippen molar-refractivity contribution < 1.29 is 34.9 Å². The van der Waals surface area contributed by atoms with Crippen LogP contribution in [0.15, 0.2) is 63.5 Å². The molecule has 0 saturated carbocycles. The maximum absolute atomic E-state index is 10.7. The highest BCUT2D eigenvalue weighted by atomic mass is 79.9. The lowest BCUT2D eigenvalue weighted by Gasteiger charge is -2.11. The van der Waals surface area contributed by atoms with E-state index in [1.165, 1.54) is 18.2 Å². The minimum Gasteiger partial charge on any atom is -0.490 e. The molecule has 1 N–H and O–H groups in total. The Labute approximate surface area is 252 Å². The van der Waals surface area contributed by atoms with Crippen molar-refractivity contribution in [2.75, 3.05) is 0 Å². The number of rotatable bonds is 7. The van der Waals surface area contributed by atoms with Crippen LogP contribution in [0, 0.1) is 29.6 Å². The van der Waals surface area contributed by atoms with Gasteiger partial charge in [-0.25, -0.2) is 4.79 Å². The zero-order chi connectivity index (χ0) is 36.1. The fourth-order valence-corrected chi connectivity index (χ4v) is 3.54. The van der Waals surface area contributed by atoms with Gasteiger partial charge in [0.1, 0.15) is 23.6 Å².